The van der Waals surface area contributed by atoms with Gasteiger partial charge in [0.1, 0.15) is 0 Å². The molecular weight excluding hydrogens is 423 g/mol. The van der Waals surface area contributed by atoms with Gasteiger partial charge in [0.25, 0.3) is 0 Å². The Morgan fingerprint density at radius 2 is 0.962 bits per heavy atom. The molecule has 1 aliphatic rings. The SMILES string of the molecule is ClC1CC1([c-]1cccc1)[c-]1cccc1.[Fe].[Fe].c1cc[cH-]c1.c1cc[cH-]c1. The van der Waals surface area contributed by atoms with Crippen LogP contribution in [0, 0.1) is 0 Å². The van der Waals surface area contributed by atoms with Gasteiger partial charge in [0.15, 0.2) is 0 Å². The molecule has 0 saturated heterocycles. The van der Waals surface area contributed by atoms with Crippen molar-refractivity contribution in [3.63, 3.8) is 0 Å². The van der Waals surface area contributed by atoms with Crippen LogP contribution in [0.3, 0.4) is 0 Å². The van der Waals surface area contributed by atoms with Gasteiger partial charge in [-0.3, -0.25) is 0 Å². The molecule has 0 aliphatic heterocycles. The molecule has 1 fully saturated rings. The van der Waals surface area contributed by atoms with E-state index in [0.717, 1.165) is 6.42 Å². The smallest absolute Gasteiger partial charge is 0.0257 e. The first kappa shape index (κ1) is 22.8. The fourth-order valence-corrected chi connectivity index (χ4v) is 3.47. The van der Waals surface area contributed by atoms with Crippen LogP contribution in [-0.4, -0.2) is 5.38 Å². The van der Waals surface area contributed by atoms with Crippen LogP contribution in [0.1, 0.15) is 17.5 Å². The molecule has 0 spiro atoms. The summed E-state index contributed by atoms with van der Waals surface area (Å²) >= 11 is 6.29. The summed E-state index contributed by atoms with van der Waals surface area (Å²) in [5, 5.41) is 0.271. The summed E-state index contributed by atoms with van der Waals surface area (Å²) in [5.74, 6) is 0. The fourth-order valence-electron chi connectivity index (χ4n) is 2.97. The van der Waals surface area contributed by atoms with E-state index in [2.05, 4.69) is 48.5 Å². The zero-order valence-electron chi connectivity index (χ0n) is 14.3. The molecule has 0 heterocycles. The minimum atomic E-state index is 0. The summed E-state index contributed by atoms with van der Waals surface area (Å²) in [7, 11) is 0. The minimum Gasteiger partial charge on any atom is -0.214 e. The number of hydrogen-bond acceptors (Lipinski definition) is 0. The summed E-state index contributed by atoms with van der Waals surface area (Å²) in [4.78, 5) is 0. The molecule has 0 bridgehead atoms. The molecule has 0 amide bonds. The van der Waals surface area contributed by atoms with Crippen LogP contribution in [-0.2, 0) is 39.6 Å². The van der Waals surface area contributed by atoms with Crippen molar-refractivity contribution in [2.45, 2.75) is 17.2 Å². The first-order valence-electron chi connectivity index (χ1n) is 8.26. The van der Waals surface area contributed by atoms with E-state index >= 15 is 0 Å². The monoisotopic (exact) mass is 444 g/mol. The van der Waals surface area contributed by atoms with Crippen molar-refractivity contribution in [1.29, 1.82) is 0 Å². The predicted octanol–water partition coefficient (Wildman–Crippen LogP) is 6.23. The number of hydrogen-bond donors (Lipinski definition) is 0. The molecule has 4 aromatic carbocycles. The second-order valence-corrected chi connectivity index (χ2v) is 6.44. The Morgan fingerprint density at radius 3 is 1.15 bits per heavy atom. The zero-order valence-corrected chi connectivity index (χ0v) is 17.2. The molecule has 1 aliphatic carbocycles. The van der Waals surface area contributed by atoms with E-state index in [1.54, 1.807) is 0 Å². The summed E-state index contributed by atoms with van der Waals surface area (Å²) in [5.41, 5.74) is 2.85. The van der Waals surface area contributed by atoms with Crippen molar-refractivity contribution in [3.05, 3.63) is 120 Å². The van der Waals surface area contributed by atoms with E-state index in [1.807, 2.05) is 60.7 Å². The summed E-state index contributed by atoms with van der Waals surface area (Å²) < 4.78 is 0. The normalized spacial score (nSPS) is 15.8. The average molecular weight is 445 g/mol. The van der Waals surface area contributed by atoms with Crippen molar-refractivity contribution in [2.24, 2.45) is 0 Å². The Balaban J connectivity index is 0.000000235. The van der Waals surface area contributed by atoms with E-state index in [9.17, 15) is 0 Å². The summed E-state index contributed by atoms with van der Waals surface area (Å²) in [6.45, 7) is 0. The van der Waals surface area contributed by atoms with Crippen molar-refractivity contribution >= 4 is 11.6 Å². The number of rotatable bonds is 2. The van der Waals surface area contributed by atoms with E-state index in [0.29, 0.717) is 0 Å². The van der Waals surface area contributed by atoms with Crippen molar-refractivity contribution < 1.29 is 34.1 Å². The molecule has 0 nitrogen and oxygen atoms in total. The molecule has 5 rings (SSSR count). The topological polar surface area (TPSA) is 0 Å². The predicted molar refractivity (Wildman–Crippen MR) is 103 cm³/mol. The standard InChI is InChI=1S/C13H11Cl.2C5H5.2Fe/c14-12-9-13(12,10-5-1-2-6-10)11-7-3-4-8-11;2*1-2-4-5-3-1;;/h1-8,12H,9H2;2*1-5H;;/q-2;2*-1;;. The first-order chi connectivity index (χ1) is 11.8. The van der Waals surface area contributed by atoms with E-state index < -0.39 is 0 Å². The van der Waals surface area contributed by atoms with Crippen molar-refractivity contribution in [2.75, 3.05) is 0 Å². The molecule has 140 valence electrons. The summed E-state index contributed by atoms with van der Waals surface area (Å²) in [6.07, 6.45) is 1.07. The van der Waals surface area contributed by atoms with Gasteiger partial charge in [-0.25, -0.2) is 48.5 Å². The average Bonchev–Trinajstić information content (AvgIpc) is 3.37. The van der Waals surface area contributed by atoms with Gasteiger partial charge in [-0.15, -0.1) is 11.6 Å². The van der Waals surface area contributed by atoms with Crippen LogP contribution in [0.4, 0.5) is 0 Å². The third-order valence-corrected chi connectivity index (χ3v) is 4.87. The zero-order chi connectivity index (χ0) is 16.7. The van der Waals surface area contributed by atoms with Crippen molar-refractivity contribution in [3.8, 4) is 0 Å². The molecule has 0 aromatic heterocycles. The minimum absolute atomic E-state index is 0. The van der Waals surface area contributed by atoms with E-state index in [4.69, 9.17) is 11.6 Å². The Labute approximate surface area is 182 Å². The maximum atomic E-state index is 6.29. The van der Waals surface area contributed by atoms with Crippen LogP contribution < -0.4 is 0 Å². The van der Waals surface area contributed by atoms with E-state index in [1.165, 1.54) is 11.1 Å². The van der Waals surface area contributed by atoms with Gasteiger partial charge in [-0.05, 0) is 6.42 Å². The molecule has 26 heavy (non-hydrogen) atoms. The largest absolute Gasteiger partial charge is 0.214 e. The fraction of sp³-hybridized carbons (Fsp3) is 0.130. The molecular formula is C23H21ClFe2-4. The number of alkyl halides is 1. The maximum absolute atomic E-state index is 6.29. The quantitative estimate of drug-likeness (QED) is 0.195. The maximum Gasteiger partial charge on any atom is 0.0257 e. The second-order valence-electron chi connectivity index (χ2n) is 5.91. The molecule has 1 saturated carbocycles. The van der Waals surface area contributed by atoms with Crippen LogP contribution in [0.2, 0.25) is 0 Å². The van der Waals surface area contributed by atoms with Gasteiger partial charge in [0, 0.05) is 39.5 Å². The summed E-state index contributed by atoms with van der Waals surface area (Å²) in [6, 6.07) is 37.0. The van der Waals surface area contributed by atoms with Gasteiger partial charge >= 0.3 is 0 Å². The molecule has 0 radical (unpaired) electrons. The van der Waals surface area contributed by atoms with Gasteiger partial charge in [0.2, 0.25) is 0 Å². The molecule has 0 N–H and O–H groups in total. The Kier molecular flexibility index (Phi) is 10.0. The third kappa shape index (κ3) is 5.61. The van der Waals surface area contributed by atoms with Crippen LogP contribution >= 0.6 is 11.6 Å². The molecule has 4 aromatic rings. The molecule has 3 heteroatoms. The van der Waals surface area contributed by atoms with Gasteiger partial charge in [-0.1, -0.05) is 5.41 Å². The molecule has 1 unspecified atom stereocenters. The van der Waals surface area contributed by atoms with Gasteiger partial charge in [-0.2, -0.15) is 71.8 Å². The van der Waals surface area contributed by atoms with Crippen LogP contribution in [0.25, 0.3) is 0 Å². The molecule has 1 atom stereocenters. The number of halogens is 1. The van der Waals surface area contributed by atoms with Crippen LogP contribution in [0.5, 0.6) is 0 Å². The first-order valence-corrected chi connectivity index (χ1v) is 8.69. The van der Waals surface area contributed by atoms with Gasteiger partial charge in [0.05, 0.1) is 0 Å². The Hall–Kier alpha value is -1.27. The van der Waals surface area contributed by atoms with Crippen molar-refractivity contribution in [1.82, 2.24) is 0 Å². The van der Waals surface area contributed by atoms with Gasteiger partial charge < -0.3 is 0 Å². The van der Waals surface area contributed by atoms with Crippen LogP contribution in [0.15, 0.2) is 109 Å². The Bertz CT molecular complexity index is 656. The Morgan fingerprint density at radius 1 is 0.654 bits per heavy atom. The van der Waals surface area contributed by atoms with E-state index in [-0.39, 0.29) is 44.9 Å². The third-order valence-electron chi connectivity index (χ3n) is 4.34. The second kappa shape index (κ2) is 11.4.